The SMILES string of the molecule is CNCc1cccc(NC(=O)NCCC(=O)O)c1. The van der Waals surface area contributed by atoms with Crippen LogP contribution in [0.15, 0.2) is 24.3 Å². The van der Waals surface area contributed by atoms with Crippen LogP contribution in [-0.4, -0.2) is 30.7 Å². The number of carboxylic acids is 1. The molecule has 0 aliphatic heterocycles. The lowest BCUT2D eigenvalue weighted by Gasteiger charge is -2.08. The van der Waals surface area contributed by atoms with E-state index in [0.29, 0.717) is 5.69 Å². The van der Waals surface area contributed by atoms with E-state index >= 15 is 0 Å². The van der Waals surface area contributed by atoms with Crippen LogP contribution in [-0.2, 0) is 11.3 Å². The highest BCUT2D eigenvalue weighted by Gasteiger charge is 2.03. The topological polar surface area (TPSA) is 90.5 Å². The second-order valence-electron chi connectivity index (χ2n) is 3.76. The van der Waals surface area contributed by atoms with E-state index in [0.717, 1.165) is 12.1 Å². The van der Waals surface area contributed by atoms with Gasteiger partial charge in [0.25, 0.3) is 0 Å². The summed E-state index contributed by atoms with van der Waals surface area (Å²) >= 11 is 0. The van der Waals surface area contributed by atoms with Crippen molar-refractivity contribution in [2.75, 3.05) is 18.9 Å². The Labute approximate surface area is 105 Å². The monoisotopic (exact) mass is 251 g/mol. The summed E-state index contributed by atoms with van der Waals surface area (Å²) in [7, 11) is 1.85. The van der Waals surface area contributed by atoms with Gasteiger partial charge in [-0.05, 0) is 24.7 Å². The highest BCUT2D eigenvalue weighted by molar-refractivity contribution is 5.89. The van der Waals surface area contributed by atoms with Crippen molar-refractivity contribution in [1.29, 1.82) is 0 Å². The summed E-state index contributed by atoms with van der Waals surface area (Å²) in [5.74, 6) is -0.939. The van der Waals surface area contributed by atoms with E-state index < -0.39 is 12.0 Å². The average Bonchev–Trinajstić information content (AvgIpc) is 2.29. The van der Waals surface area contributed by atoms with Crippen molar-refractivity contribution < 1.29 is 14.7 Å². The molecule has 1 aromatic rings. The van der Waals surface area contributed by atoms with Gasteiger partial charge in [0, 0.05) is 18.8 Å². The van der Waals surface area contributed by atoms with E-state index in [1.807, 2.05) is 25.2 Å². The average molecular weight is 251 g/mol. The number of amides is 2. The molecule has 0 aliphatic rings. The number of rotatable bonds is 6. The number of carboxylic acid groups (broad SMARTS) is 1. The van der Waals surface area contributed by atoms with Gasteiger partial charge in [-0.2, -0.15) is 0 Å². The van der Waals surface area contributed by atoms with Gasteiger partial charge in [0.1, 0.15) is 0 Å². The summed E-state index contributed by atoms with van der Waals surface area (Å²) in [6, 6.07) is 7.02. The Morgan fingerprint density at radius 2 is 2.11 bits per heavy atom. The van der Waals surface area contributed by atoms with Gasteiger partial charge in [0.05, 0.1) is 6.42 Å². The number of hydrogen-bond acceptors (Lipinski definition) is 3. The van der Waals surface area contributed by atoms with Crippen LogP contribution >= 0.6 is 0 Å². The predicted molar refractivity (Wildman–Crippen MR) is 68.5 cm³/mol. The van der Waals surface area contributed by atoms with Gasteiger partial charge in [-0.1, -0.05) is 12.1 Å². The predicted octanol–water partition coefficient (Wildman–Crippen LogP) is 1.00. The van der Waals surface area contributed by atoms with Crippen molar-refractivity contribution in [3.8, 4) is 0 Å². The molecule has 0 fully saturated rings. The lowest BCUT2D eigenvalue weighted by molar-refractivity contribution is -0.136. The van der Waals surface area contributed by atoms with Gasteiger partial charge in [-0.15, -0.1) is 0 Å². The summed E-state index contributed by atoms with van der Waals surface area (Å²) < 4.78 is 0. The highest BCUT2D eigenvalue weighted by atomic mass is 16.4. The minimum atomic E-state index is -0.939. The van der Waals surface area contributed by atoms with Gasteiger partial charge in [-0.25, -0.2) is 4.79 Å². The van der Waals surface area contributed by atoms with Crippen LogP contribution in [0.3, 0.4) is 0 Å². The zero-order valence-corrected chi connectivity index (χ0v) is 10.2. The fourth-order valence-corrected chi connectivity index (χ4v) is 1.42. The first-order valence-electron chi connectivity index (χ1n) is 5.62. The molecule has 0 aromatic heterocycles. The van der Waals surface area contributed by atoms with Crippen LogP contribution in [0.4, 0.5) is 10.5 Å². The standard InChI is InChI=1S/C12H17N3O3/c1-13-8-9-3-2-4-10(7-9)15-12(18)14-6-5-11(16)17/h2-4,7,13H,5-6,8H2,1H3,(H,16,17)(H2,14,15,18). The van der Waals surface area contributed by atoms with E-state index in [2.05, 4.69) is 16.0 Å². The molecule has 0 spiro atoms. The second kappa shape index (κ2) is 7.29. The smallest absolute Gasteiger partial charge is 0.319 e. The lowest BCUT2D eigenvalue weighted by atomic mass is 10.2. The largest absolute Gasteiger partial charge is 0.481 e. The van der Waals surface area contributed by atoms with Gasteiger partial charge >= 0.3 is 12.0 Å². The molecule has 6 nitrogen and oxygen atoms in total. The molecule has 98 valence electrons. The summed E-state index contributed by atoms with van der Waals surface area (Å²) in [5, 5.41) is 16.6. The molecule has 4 N–H and O–H groups in total. The molecule has 0 bridgehead atoms. The minimum absolute atomic E-state index is 0.0901. The molecule has 0 atom stereocenters. The number of hydrogen-bond donors (Lipinski definition) is 4. The number of nitrogens with one attached hydrogen (secondary N) is 3. The van der Waals surface area contributed by atoms with Crippen molar-refractivity contribution in [2.24, 2.45) is 0 Å². The molecular formula is C12H17N3O3. The summed E-state index contributed by atoms with van der Waals surface area (Å²) in [6.07, 6.45) is -0.0901. The van der Waals surface area contributed by atoms with Crippen molar-refractivity contribution >= 4 is 17.7 Å². The van der Waals surface area contributed by atoms with Crippen LogP contribution < -0.4 is 16.0 Å². The quantitative estimate of drug-likeness (QED) is 0.607. The number of aliphatic carboxylic acids is 1. The normalized spacial score (nSPS) is 9.83. The third kappa shape index (κ3) is 5.31. The number of carbonyl (C=O) groups is 2. The van der Waals surface area contributed by atoms with Crippen LogP contribution in [0.2, 0.25) is 0 Å². The fraction of sp³-hybridized carbons (Fsp3) is 0.333. The maximum absolute atomic E-state index is 11.4. The van der Waals surface area contributed by atoms with Crippen LogP contribution in [0.5, 0.6) is 0 Å². The fourth-order valence-electron chi connectivity index (χ4n) is 1.42. The van der Waals surface area contributed by atoms with Gasteiger partial charge in [0.2, 0.25) is 0 Å². The molecule has 0 saturated heterocycles. The Hall–Kier alpha value is -2.08. The Kier molecular flexibility index (Phi) is 5.66. The van der Waals surface area contributed by atoms with Crippen molar-refractivity contribution in [2.45, 2.75) is 13.0 Å². The molecule has 1 aromatic carbocycles. The number of urea groups is 1. The second-order valence-corrected chi connectivity index (χ2v) is 3.76. The van der Waals surface area contributed by atoms with Gasteiger partial charge < -0.3 is 21.1 Å². The van der Waals surface area contributed by atoms with Crippen molar-refractivity contribution in [1.82, 2.24) is 10.6 Å². The number of anilines is 1. The molecule has 0 radical (unpaired) electrons. The van der Waals surface area contributed by atoms with E-state index in [1.165, 1.54) is 0 Å². The zero-order valence-electron chi connectivity index (χ0n) is 10.2. The van der Waals surface area contributed by atoms with E-state index in [9.17, 15) is 9.59 Å². The highest BCUT2D eigenvalue weighted by Crippen LogP contribution is 2.10. The first-order valence-corrected chi connectivity index (χ1v) is 5.62. The summed E-state index contributed by atoms with van der Waals surface area (Å²) in [4.78, 5) is 21.7. The molecule has 0 unspecified atom stereocenters. The van der Waals surface area contributed by atoms with Gasteiger partial charge in [0.15, 0.2) is 0 Å². The molecule has 0 aliphatic carbocycles. The Balaban J connectivity index is 2.43. The van der Waals surface area contributed by atoms with Crippen LogP contribution in [0.1, 0.15) is 12.0 Å². The number of carbonyl (C=O) groups excluding carboxylic acids is 1. The molecule has 0 saturated carbocycles. The third-order valence-electron chi connectivity index (χ3n) is 2.19. The maximum atomic E-state index is 11.4. The molecule has 1 rings (SSSR count). The molecule has 0 heterocycles. The van der Waals surface area contributed by atoms with Crippen LogP contribution in [0.25, 0.3) is 0 Å². The van der Waals surface area contributed by atoms with E-state index in [1.54, 1.807) is 6.07 Å². The molecule has 18 heavy (non-hydrogen) atoms. The van der Waals surface area contributed by atoms with Crippen molar-refractivity contribution in [3.05, 3.63) is 29.8 Å². The van der Waals surface area contributed by atoms with E-state index in [-0.39, 0.29) is 13.0 Å². The zero-order chi connectivity index (χ0) is 13.4. The first-order chi connectivity index (χ1) is 8.61. The number of benzene rings is 1. The van der Waals surface area contributed by atoms with Crippen molar-refractivity contribution in [3.63, 3.8) is 0 Å². The molecule has 2 amide bonds. The summed E-state index contributed by atoms with van der Waals surface area (Å²) in [5.41, 5.74) is 1.73. The summed E-state index contributed by atoms with van der Waals surface area (Å²) in [6.45, 7) is 0.827. The Morgan fingerprint density at radius 3 is 2.78 bits per heavy atom. The Bertz CT molecular complexity index is 421. The van der Waals surface area contributed by atoms with Crippen LogP contribution in [0, 0.1) is 0 Å². The third-order valence-corrected chi connectivity index (χ3v) is 2.19. The molecule has 6 heteroatoms. The Morgan fingerprint density at radius 1 is 1.33 bits per heavy atom. The van der Waals surface area contributed by atoms with Gasteiger partial charge in [-0.3, -0.25) is 4.79 Å². The maximum Gasteiger partial charge on any atom is 0.319 e. The molecular weight excluding hydrogens is 234 g/mol. The lowest BCUT2D eigenvalue weighted by Crippen LogP contribution is -2.30. The minimum Gasteiger partial charge on any atom is -0.481 e. The van der Waals surface area contributed by atoms with E-state index in [4.69, 9.17) is 5.11 Å². The first kappa shape index (κ1) is 14.0.